The van der Waals surface area contributed by atoms with Gasteiger partial charge in [0.2, 0.25) is 18.6 Å². The van der Waals surface area contributed by atoms with Crippen molar-refractivity contribution in [2.75, 3.05) is 24.6 Å². The van der Waals surface area contributed by atoms with Crippen molar-refractivity contribution in [3.8, 4) is 17.2 Å². The van der Waals surface area contributed by atoms with Gasteiger partial charge in [-0.15, -0.1) is 0 Å². The van der Waals surface area contributed by atoms with Gasteiger partial charge < -0.3 is 24.1 Å². The van der Waals surface area contributed by atoms with Gasteiger partial charge in [0.15, 0.2) is 11.5 Å². The first-order valence-corrected chi connectivity index (χ1v) is 12.9. The minimum Gasteiger partial charge on any atom is -0.496 e. The van der Waals surface area contributed by atoms with Gasteiger partial charge in [-0.2, -0.15) is 0 Å². The smallest absolute Gasteiger partial charge is 0.248 e. The van der Waals surface area contributed by atoms with Crippen molar-refractivity contribution in [1.29, 1.82) is 0 Å². The van der Waals surface area contributed by atoms with Crippen molar-refractivity contribution >= 4 is 40.2 Å². The molecule has 8 nitrogen and oxygen atoms in total. The van der Waals surface area contributed by atoms with Crippen molar-refractivity contribution in [3.05, 3.63) is 77.9 Å². The third-order valence-electron chi connectivity index (χ3n) is 6.75. The van der Waals surface area contributed by atoms with Gasteiger partial charge in [0.05, 0.1) is 17.9 Å². The van der Waals surface area contributed by atoms with Gasteiger partial charge >= 0.3 is 0 Å². The fourth-order valence-electron chi connectivity index (χ4n) is 5.02. The molecule has 2 aliphatic heterocycles. The van der Waals surface area contributed by atoms with E-state index in [4.69, 9.17) is 14.2 Å². The molecule has 0 saturated heterocycles. The Hall–Kier alpha value is -4.11. The summed E-state index contributed by atoms with van der Waals surface area (Å²) in [6, 6.07) is 20.0. The van der Waals surface area contributed by atoms with Crippen molar-refractivity contribution in [2.24, 2.45) is 7.05 Å². The number of amides is 2. The Morgan fingerprint density at radius 3 is 2.73 bits per heavy atom. The van der Waals surface area contributed by atoms with E-state index >= 15 is 0 Å². The number of aromatic nitrogens is 1. The average Bonchev–Trinajstić information content (AvgIpc) is 3.46. The van der Waals surface area contributed by atoms with Crippen LogP contribution in [0.25, 0.3) is 10.9 Å². The van der Waals surface area contributed by atoms with Crippen molar-refractivity contribution < 1.29 is 23.8 Å². The highest BCUT2D eigenvalue weighted by molar-refractivity contribution is 8.00. The van der Waals surface area contributed by atoms with Gasteiger partial charge in [-0.3, -0.25) is 14.5 Å². The molecule has 0 unspecified atom stereocenters. The summed E-state index contributed by atoms with van der Waals surface area (Å²) in [5, 5.41) is 4.91. The number of para-hydroxylation sites is 2. The number of methoxy groups -OCH3 is 1. The van der Waals surface area contributed by atoms with Crippen LogP contribution in [-0.4, -0.2) is 36.0 Å². The predicted molar refractivity (Wildman–Crippen MR) is 141 cm³/mol. The predicted octanol–water partition coefficient (Wildman–Crippen LogP) is 4.41. The second-order valence-electron chi connectivity index (χ2n) is 8.82. The van der Waals surface area contributed by atoms with Crippen molar-refractivity contribution in [1.82, 2.24) is 9.88 Å². The van der Waals surface area contributed by atoms with Gasteiger partial charge in [-0.25, -0.2) is 0 Å². The van der Waals surface area contributed by atoms with Crippen molar-refractivity contribution in [2.45, 2.75) is 17.6 Å². The standard InChI is InChI=1S/C28H25N3O5S/c1-30-20-9-5-4-8-19(20)25-26(27(33)29-14-17-7-3-6-10-21(17)34-2)31(24(32)15-37-28(25)30)18-11-12-22-23(13-18)36-16-35-22/h3-13,26H,14-16H2,1-2H3,(H,29,33)/t26-/m1/s1. The summed E-state index contributed by atoms with van der Waals surface area (Å²) in [5.41, 5.74) is 3.24. The number of nitrogens with zero attached hydrogens (tertiary/aromatic N) is 2. The van der Waals surface area contributed by atoms with Gasteiger partial charge in [-0.1, -0.05) is 48.2 Å². The van der Waals surface area contributed by atoms with E-state index in [1.54, 1.807) is 30.2 Å². The van der Waals surface area contributed by atoms with Crippen LogP contribution in [0.4, 0.5) is 5.69 Å². The Balaban J connectivity index is 1.48. The molecule has 4 aromatic rings. The molecular formula is C28H25N3O5S. The Labute approximate surface area is 218 Å². The van der Waals surface area contributed by atoms with E-state index in [1.165, 1.54) is 11.8 Å². The fraction of sp³-hybridized carbons (Fsp3) is 0.214. The van der Waals surface area contributed by atoms with Crippen LogP contribution in [0.15, 0.2) is 71.8 Å². The number of carbonyl (C=O) groups excluding carboxylic acids is 2. The lowest BCUT2D eigenvalue weighted by molar-refractivity contribution is -0.125. The number of ether oxygens (including phenoxy) is 3. The molecular weight excluding hydrogens is 490 g/mol. The summed E-state index contributed by atoms with van der Waals surface area (Å²) < 4.78 is 18.6. The van der Waals surface area contributed by atoms with Crippen molar-refractivity contribution in [3.63, 3.8) is 0 Å². The number of aryl methyl sites for hydroxylation is 1. The molecule has 0 fully saturated rings. The molecule has 0 saturated carbocycles. The van der Waals surface area contributed by atoms with E-state index < -0.39 is 6.04 Å². The molecule has 188 valence electrons. The molecule has 0 spiro atoms. The number of hydrogen-bond acceptors (Lipinski definition) is 6. The fourth-order valence-corrected chi connectivity index (χ4v) is 6.08. The van der Waals surface area contributed by atoms with E-state index in [9.17, 15) is 9.59 Å². The minimum absolute atomic E-state index is 0.124. The number of hydrogen-bond donors (Lipinski definition) is 1. The minimum atomic E-state index is -0.890. The van der Waals surface area contributed by atoms with Crippen LogP contribution in [0.2, 0.25) is 0 Å². The summed E-state index contributed by atoms with van der Waals surface area (Å²) in [5.74, 6) is 1.60. The third-order valence-corrected chi connectivity index (χ3v) is 7.91. The Kier molecular flexibility index (Phi) is 5.92. The molecule has 1 atom stereocenters. The third kappa shape index (κ3) is 3.95. The van der Waals surface area contributed by atoms with Gasteiger partial charge in [0.1, 0.15) is 11.8 Å². The molecule has 2 amide bonds. The Morgan fingerprint density at radius 1 is 1.08 bits per heavy atom. The Morgan fingerprint density at radius 2 is 1.86 bits per heavy atom. The second-order valence-corrected chi connectivity index (χ2v) is 9.78. The zero-order valence-electron chi connectivity index (χ0n) is 20.4. The SMILES string of the molecule is COc1ccccc1CNC(=O)[C@H]1c2c(n(C)c3ccccc23)SCC(=O)N1c1ccc2c(c1)OCO2. The average molecular weight is 516 g/mol. The van der Waals surface area contributed by atoms with E-state index in [0.29, 0.717) is 22.9 Å². The molecule has 9 heteroatoms. The highest BCUT2D eigenvalue weighted by Gasteiger charge is 2.40. The molecule has 0 radical (unpaired) electrons. The van der Waals surface area contributed by atoms with Gasteiger partial charge in [0, 0.05) is 47.4 Å². The number of anilines is 1. The molecule has 1 N–H and O–H groups in total. The van der Waals surface area contributed by atoms with E-state index in [2.05, 4.69) is 9.88 Å². The highest BCUT2D eigenvalue weighted by atomic mass is 32.2. The van der Waals surface area contributed by atoms with Crippen LogP contribution in [0, 0.1) is 0 Å². The van der Waals surface area contributed by atoms with Crippen LogP contribution in [0.3, 0.4) is 0 Å². The molecule has 2 aliphatic rings. The largest absolute Gasteiger partial charge is 0.496 e. The normalized spacial score (nSPS) is 16.4. The summed E-state index contributed by atoms with van der Waals surface area (Å²) in [7, 11) is 3.57. The number of benzene rings is 3. The summed E-state index contributed by atoms with van der Waals surface area (Å²) in [6.45, 7) is 0.384. The molecule has 3 aromatic carbocycles. The lowest BCUT2D eigenvalue weighted by atomic mass is 10.0. The topological polar surface area (TPSA) is 82.0 Å². The number of rotatable bonds is 5. The van der Waals surface area contributed by atoms with E-state index in [0.717, 1.165) is 27.1 Å². The maximum absolute atomic E-state index is 14.1. The lowest BCUT2D eigenvalue weighted by Gasteiger charge is -2.30. The van der Waals surface area contributed by atoms with Crippen LogP contribution in [0.5, 0.6) is 17.2 Å². The molecule has 1 aromatic heterocycles. The summed E-state index contributed by atoms with van der Waals surface area (Å²) >= 11 is 1.45. The maximum atomic E-state index is 14.1. The zero-order chi connectivity index (χ0) is 25.5. The van der Waals surface area contributed by atoms with Crippen LogP contribution >= 0.6 is 11.8 Å². The first-order valence-electron chi connectivity index (χ1n) is 11.9. The summed E-state index contributed by atoms with van der Waals surface area (Å²) in [4.78, 5) is 29.3. The van der Waals surface area contributed by atoms with Gasteiger partial charge in [0.25, 0.3) is 0 Å². The summed E-state index contributed by atoms with van der Waals surface area (Å²) in [6.07, 6.45) is 0. The molecule has 37 heavy (non-hydrogen) atoms. The highest BCUT2D eigenvalue weighted by Crippen LogP contribution is 2.45. The monoisotopic (exact) mass is 515 g/mol. The maximum Gasteiger partial charge on any atom is 0.248 e. The lowest BCUT2D eigenvalue weighted by Crippen LogP contribution is -2.43. The number of carbonyl (C=O) groups is 2. The second kappa shape index (κ2) is 9.40. The first kappa shape index (κ1) is 23.3. The van der Waals surface area contributed by atoms with Gasteiger partial charge in [-0.05, 0) is 24.3 Å². The zero-order valence-corrected chi connectivity index (χ0v) is 21.2. The van der Waals surface area contributed by atoms with E-state index in [-0.39, 0.29) is 30.9 Å². The molecule has 0 aliphatic carbocycles. The van der Waals surface area contributed by atoms with Crippen LogP contribution in [-0.2, 0) is 23.2 Å². The molecule has 3 heterocycles. The molecule has 0 bridgehead atoms. The first-order chi connectivity index (χ1) is 18.1. The number of fused-ring (bicyclic) bond motifs is 4. The molecule has 6 rings (SSSR count). The van der Waals surface area contributed by atoms with Crippen LogP contribution in [0.1, 0.15) is 17.2 Å². The van der Waals surface area contributed by atoms with Crippen LogP contribution < -0.4 is 24.4 Å². The Bertz CT molecular complexity index is 1530. The van der Waals surface area contributed by atoms with E-state index in [1.807, 2.05) is 55.6 Å². The number of thioether (sulfide) groups is 1. The quantitative estimate of drug-likeness (QED) is 0.424. The number of nitrogens with one attached hydrogen (secondary N) is 1.